The third-order valence-electron chi connectivity index (χ3n) is 5.99. The van der Waals surface area contributed by atoms with Crippen LogP contribution in [0.5, 0.6) is 0 Å². The highest BCUT2D eigenvalue weighted by molar-refractivity contribution is 7.13. The molecule has 0 aliphatic carbocycles. The summed E-state index contributed by atoms with van der Waals surface area (Å²) in [6.45, 7) is 9.61. The number of benzene rings is 1. The van der Waals surface area contributed by atoms with E-state index in [-0.39, 0.29) is 17.7 Å². The first-order valence-corrected chi connectivity index (χ1v) is 12.9. The Balaban J connectivity index is 2.28. The molecule has 0 saturated carbocycles. The number of nitrogens with one attached hydrogen (secondary N) is 2. The molecule has 35 heavy (non-hydrogen) atoms. The first-order chi connectivity index (χ1) is 16.6. The summed E-state index contributed by atoms with van der Waals surface area (Å²) in [5, 5.41) is 18.9. The molecular weight excluding hydrogens is 464 g/mol. The maximum atomic E-state index is 13.7. The Hall–Kier alpha value is -2.78. The van der Waals surface area contributed by atoms with Crippen LogP contribution in [0.4, 0.5) is 5.13 Å². The monoisotopic (exact) mass is 502 g/mol. The molecule has 1 unspecified atom stereocenters. The number of nitrogens with zero attached hydrogens (tertiary/aromatic N) is 2. The molecule has 0 bridgehead atoms. The van der Waals surface area contributed by atoms with Crippen molar-refractivity contribution in [2.45, 2.75) is 72.4 Å². The molecule has 2 rings (SSSR count). The van der Waals surface area contributed by atoms with E-state index in [4.69, 9.17) is 0 Å². The predicted octanol–water partition coefficient (Wildman–Crippen LogP) is 4.51. The number of hydrogen-bond acceptors (Lipinski definition) is 6. The van der Waals surface area contributed by atoms with E-state index in [0.29, 0.717) is 35.9 Å². The highest BCUT2D eigenvalue weighted by Gasteiger charge is 2.38. The van der Waals surface area contributed by atoms with Gasteiger partial charge in [-0.25, -0.2) is 10.0 Å². The van der Waals surface area contributed by atoms with Gasteiger partial charge in [0.05, 0.1) is 12.0 Å². The summed E-state index contributed by atoms with van der Waals surface area (Å²) in [5.74, 6) is -1.31. The van der Waals surface area contributed by atoms with E-state index in [9.17, 15) is 19.6 Å². The Morgan fingerprint density at radius 1 is 1.20 bits per heavy atom. The van der Waals surface area contributed by atoms with E-state index in [2.05, 4.69) is 22.5 Å². The molecule has 0 aliphatic heterocycles. The largest absolute Gasteiger partial charge is 0.343 e. The lowest BCUT2D eigenvalue weighted by Crippen LogP contribution is -2.55. The summed E-state index contributed by atoms with van der Waals surface area (Å²) < 4.78 is 0. The van der Waals surface area contributed by atoms with Crippen LogP contribution in [-0.2, 0) is 20.8 Å². The summed E-state index contributed by atoms with van der Waals surface area (Å²) in [7, 11) is 0. The van der Waals surface area contributed by atoms with Gasteiger partial charge in [0.1, 0.15) is 6.04 Å². The average Bonchev–Trinajstić information content (AvgIpc) is 3.31. The van der Waals surface area contributed by atoms with Crippen LogP contribution in [0.15, 0.2) is 41.9 Å². The van der Waals surface area contributed by atoms with E-state index in [1.165, 1.54) is 11.3 Å². The van der Waals surface area contributed by atoms with E-state index in [0.717, 1.165) is 12.0 Å². The van der Waals surface area contributed by atoms with Crippen LogP contribution in [0.25, 0.3) is 0 Å². The fourth-order valence-corrected chi connectivity index (χ4v) is 4.78. The Kier molecular flexibility index (Phi) is 10.9. The molecule has 9 heteroatoms. The highest BCUT2D eigenvalue weighted by Crippen LogP contribution is 2.27. The maximum Gasteiger partial charge on any atom is 0.249 e. The smallest absolute Gasteiger partial charge is 0.249 e. The second kappa shape index (κ2) is 13.3. The van der Waals surface area contributed by atoms with Crippen LogP contribution < -0.4 is 10.6 Å². The van der Waals surface area contributed by atoms with Crippen LogP contribution in [0.1, 0.15) is 59.4 Å². The van der Waals surface area contributed by atoms with Crippen molar-refractivity contribution in [3.05, 3.63) is 47.5 Å². The minimum atomic E-state index is -0.837. The van der Waals surface area contributed by atoms with Crippen molar-refractivity contribution in [3.63, 3.8) is 0 Å². The molecule has 0 saturated heterocycles. The Labute approximate surface area is 212 Å². The van der Waals surface area contributed by atoms with Gasteiger partial charge >= 0.3 is 0 Å². The lowest BCUT2D eigenvalue weighted by atomic mass is 9.82. The van der Waals surface area contributed by atoms with Crippen LogP contribution >= 0.6 is 11.3 Å². The number of anilines is 1. The molecule has 2 aromatic rings. The molecule has 0 fully saturated rings. The van der Waals surface area contributed by atoms with Crippen LogP contribution in [0.2, 0.25) is 0 Å². The van der Waals surface area contributed by atoms with Gasteiger partial charge in [0, 0.05) is 11.6 Å². The fraction of sp³-hybridized carbons (Fsp3) is 0.538. The lowest BCUT2D eigenvalue weighted by molar-refractivity contribution is -0.169. The van der Waals surface area contributed by atoms with Gasteiger partial charge in [-0.3, -0.25) is 19.6 Å². The zero-order valence-corrected chi connectivity index (χ0v) is 22.0. The number of carbonyl (C=O) groups excluding carboxylic acids is 3. The number of aromatic nitrogens is 1. The quantitative estimate of drug-likeness (QED) is 0.212. The summed E-state index contributed by atoms with van der Waals surface area (Å²) in [4.78, 5) is 42.3. The molecule has 3 N–H and O–H groups in total. The second-order valence-electron chi connectivity index (χ2n) is 10.1. The number of amides is 3. The molecule has 1 aromatic heterocycles. The van der Waals surface area contributed by atoms with Crippen molar-refractivity contribution in [2.75, 3.05) is 5.32 Å². The Morgan fingerprint density at radius 2 is 1.89 bits per heavy atom. The van der Waals surface area contributed by atoms with Gasteiger partial charge < -0.3 is 10.6 Å². The number of hydroxylamine groups is 2. The van der Waals surface area contributed by atoms with Crippen molar-refractivity contribution >= 4 is 34.7 Å². The maximum absolute atomic E-state index is 13.7. The molecule has 3 amide bonds. The lowest BCUT2D eigenvalue weighted by Gasteiger charge is -2.35. The van der Waals surface area contributed by atoms with Crippen LogP contribution in [0, 0.1) is 17.3 Å². The Morgan fingerprint density at radius 3 is 2.43 bits per heavy atom. The minimum absolute atomic E-state index is 0.102. The van der Waals surface area contributed by atoms with Crippen LogP contribution in [0.3, 0.4) is 0 Å². The molecular formula is C26H38N4O4S. The van der Waals surface area contributed by atoms with Gasteiger partial charge in [0.25, 0.3) is 0 Å². The van der Waals surface area contributed by atoms with Gasteiger partial charge in [-0.2, -0.15) is 0 Å². The molecule has 0 aliphatic rings. The van der Waals surface area contributed by atoms with Crippen molar-refractivity contribution in [1.82, 2.24) is 15.4 Å². The normalized spacial score (nSPS) is 14.9. The number of rotatable bonds is 13. The van der Waals surface area contributed by atoms with Gasteiger partial charge in [-0.15, -0.1) is 11.3 Å². The van der Waals surface area contributed by atoms with E-state index < -0.39 is 23.4 Å². The molecule has 1 aromatic carbocycles. The second-order valence-corrected chi connectivity index (χ2v) is 11.0. The summed E-state index contributed by atoms with van der Waals surface area (Å²) in [5.41, 5.74) is 0.568. The van der Waals surface area contributed by atoms with E-state index in [1.54, 1.807) is 11.6 Å². The van der Waals surface area contributed by atoms with Crippen molar-refractivity contribution in [1.29, 1.82) is 0 Å². The Bertz CT molecular complexity index is 931. The SMILES string of the molecule is CCC[C@@H]([C@@H](CC(C)Cc1ccccc1)C(=O)N[C@H](C(=O)Nc1nccs1)C(C)(C)C)N(O)C=O. The fourth-order valence-electron chi connectivity index (χ4n) is 4.25. The number of hydrogen-bond donors (Lipinski definition) is 3. The molecule has 8 nitrogen and oxygen atoms in total. The predicted molar refractivity (Wildman–Crippen MR) is 138 cm³/mol. The van der Waals surface area contributed by atoms with Crippen LogP contribution in [-0.4, -0.2) is 45.6 Å². The van der Waals surface area contributed by atoms with Gasteiger partial charge in [0.15, 0.2) is 5.13 Å². The van der Waals surface area contributed by atoms with E-state index >= 15 is 0 Å². The summed E-state index contributed by atoms with van der Waals surface area (Å²) in [6.07, 6.45) is 4.28. The molecule has 4 atom stereocenters. The molecule has 192 valence electrons. The first-order valence-electron chi connectivity index (χ1n) is 12.0. The average molecular weight is 503 g/mol. The topological polar surface area (TPSA) is 112 Å². The third-order valence-corrected chi connectivity index (χ3v) is 6.68. The highest BCUT2D eigenvalue weighted by atomic mass is 32.1. The number of thiazole rings is 1. The van der Waals surface area contributed by atoms with Crippen molar-refractivity contribution in [3.8, 4) is 0 Å². The summed E-state index contributed by atoms with van der Waals surface area (Å²) >= 11 is 1.30. The number of carbonyl (C=O) groups is 3. The molecule has 0 radical (unpaired) electrons. The van der Waals surface area contributed by atoms with Gasteiger partial charge in [0.2, 0.25) is 18.2 Å². The van der Waals surface area contributed by atoms with Crippen molar-refractivity contribution < 1.29 is 19.6 Å². The molecule has 0 spiro atoms. The van der Waals surface area contributed by atoms with E-state index in [1.807, 2.05) is 58.0 Å². The zero-order valence-electron chi connectivity index (χ0n) is 21.2. The summed E-state index contributed by atoms with van der Waals surface area (Å²) in [6, 6.07) is 8.45. The molecule has 1 heterocycles. The van der Waals surface area contributed by atoms with Crippen molar-refractivity contribution in [2.24, 2.45) is 17.3 Å². The van der Waals surface area contributed by atoms with Gasteiger partial charge in [-0.05, 0) is 36.2 Å². The standard InChI is InChI=1S/C26H38N4O4S/c1-6-10-21(30(34)17-31)20(16-18(2)15-19-11-8-7-9-12-19)23(32)28-22(26(3,4)5)24(33)29-25-27-13-14-35-25/h7-9,11-14,17-18,20-22,34H,6,10,15-16H2,1-5H3,(H,28,32)(H,27,29,33)/t18?,20-,21+,22-/m1/s1. The minimum Gasteiger partial charge on any atom is -0.343 e. The first kappa shape index (κ1) is 28.5. The van der Waals surface area contributed by atoms with Gasteiger partial charge in [-0.1, -0.05) is 71.4 Å². The zero-order chi connectivity index (χ0) is 26.0. The third kappa shape index (κ3) is 8.74.